The van der Waals surface area contributed by atoms with Crippen molar-refractivity contribution in [3.8, 4) is 23.2 Å². The Hall–Kier alpha value is -3.32. The van der Waals surface area contributed by atoms with Gasteiger partial charge in [0.05, 0.1) is 13.2 Å². The molecular weight excluding hydrogens is 434 g/mol. The zero-order valence-corrected chi connectivity index (χ0v) is 19.3. The van der Waals surface area contributed by atoms with Crippen molar-refractivity contribution >= 4 is 11.8 Å². The van der Waals surface area contributed by atoms with E-state index in [2.05, 4.69) is 26.7 Å². The van der Waals surface area contributed by atoms with Crippen LogP contribution in [0.5, 0.6) is 0 Å². The number of benzene rings is 1. The zero-order chi connectivity index (χ0) is 24.1. The molecule has 1 atom stereocenters. The number of hydrogen-bond donors (Lipinski definition) is 2. The molecule has 1 aromatic carbocycles. The van der Waals surface area contributed by atoms with Gasteiger partial charge in [-0.2, -0.15) is 0 Å². The summed E-state index contributed by atoms with van der Waals surface area (Å²) in [4.78, 5) is 36.9. The Bertz CT molecular complexity index is 1140. The predicted molar refractivity (Wildman–Crippen MR) is 126 cm³/mol. The van der Waals surface area contributed by atoms with Crippen LogP contribution in [0.4, 0.5) is 0 Å². The van der Waals surface area contributed by atoms with E-state index >= 15 is 0 Å². The van der Waals surface area contributed by atoms with Gasteiger partial charge < -0.3 is 20.5 Å². The summed E-state index contributed by atoms with van der Waals surface area (Å²) in [5.41, 5.74) is 6.17. The van der Waals surface area contributed by atoms with Crippen LogP contribution in [-0.4, -0.2) is 88.7 Å². The number of amides is 2. The summed E-state index contributed by atoms with van der Waals surface area (Å²) in [6.45, 7) is 4.71. The smallest absolute Gasteiger partial charge is 0.267 e. The fraction of sp³-hybridized carbons (Fsp3) is 0.440. The highest BCUT2D eigenvalue weighted by Gasteiger charge is 2.42. The van der Waals surface area contributed by atoms with Crippen LogP contribution in [0.2, 0.25) is 0 Å². The third kappa shape index (κ3) is 5.42. The van der Waals surface area contributed by atoms with Crippen molar-refractivity contribution in [1.29, 1.82) is 0 Å². The van der Waals surface area contributed by atoms with Gasteiger partial charge in [0.2, 0.25) is 5.60 Å². The Morgan fingerprint density at radius 2 is 2.09 bits per heavy atom. The van der Waals surface area contributed by atoms with Crippen molar-refractivity contribution in [1.82, 2.24) is 19.8 Å². The van der Waals surface area contributed by atoms with Gasteiger partial charge >= 0.3 is 0 Å². The molecule has 2 aliphatic heterocycles. The molecule has 0 radical (unpaired) electrons. The van der Waals surface area contributed by atoms with Gasteiger partial charge in [-0.25, -0.2) is 9.97 Å². The maximum absolute atomic E-state index is 12.1. The molecule has 178 valence electrons. The monoisotopic (exact) mass is 463 g/mol. The molecule has 0 unspecified atom stereocenters. The summed E-state index contributed by atoms with van der Waals surface area (Å²) < 4.78 is 5.37. The SMILES string of the molecule is CN1CC[C@@](O)(C#Cc2cccc(-c3ncc(CCCN4CCOCC4)c(C(N)=O)n3)c2)C1=O. The van der Waals surface area contributed by atoms with E-state index in [0.29, 0.717) is 29.9 Å². The van der Waals surface area contributed by atoms with Crippen LogP contribution in [0.1, 0.15) is 34.5 Å². The van der Waals surface area contributed by atoms with Gasteiger partial charge in [0.1, 0.15) is 5.69 Å². The Labute approximate surface area is 198 Å². The van der Waals surface area contributed by atoms with E-state index in [0.717, 1.165) is 44.8 Å². The van der Waals surface area contributed by atoms with Crippen molar-refractivity contribution in [3.63, 3.8) is 0 Å². The van der Waals surface area contributed by atoms with Crippen LogP contribution in [0, 0.1) is 11.8 Å². The van der Waals surface area contributed by atoms with Gasteiger partial charge in [0.25, 0.3) is 11.8 Å². The minimum absolute atomic E-state index is 0.220. The van der Waals surface area contributed by atoms with E-state index < -0.39 is 17.4 Å². The molecule has 0 spiro atoms. The largest absolute Gasteiger partial charge is 0.379 e. The summed E-state index contributed by atoms with van der Waals surface area (Å²) in [6, 6.07) is 7.14. The second kappa shape index (κ2) is 10.3. The van der Waals surface area contributed by atoms with Gasteiger partial charge in [-0.3, -0.25) is 14.5 Å². The van der Waals surface area contributed by atoms with Gasteiger partial charge in [-0.05, 0) is 31.5 Å². The van der Waals surface area contributed by atoms with E-state index in [1.807, 2.05) is 6.07 Å². The van der Waals surface area contributed by atoms with E-state index in [1.165, 1.54) is 4.90 Å². The number of aryl methyl sites for hydroxylation is 1. The van der Waals surface area contributed by atoms with Crippen LogP contribution in [-0.2, 0) is 16.0 Å². The summed E-state index contributed by atoms with van der Waals surface area (Å²) in [5.74, 6) is 4.98. The molecule has 3 heterocycles. The number of likely N-dealkylation sites (tertiary alicyclic amines) is 1. The first-order valence-corrected chi connectivity index (χ1v) is 11.4. The highest BCUT2D eigenvalue weighted by molar-refractivity contribution is 5.92. The number of morpholine rings is 1. The molecule has 2 fully saturated rings. The van der Waals surface area contributed by atoms with Gasteiger partial charge in [0, 0.05) is 56.0 Å². The molecule has 34 heavy (non-hydrogen) atoms. The number of likely N-dealkylation sites (N-methyl/N-ethyl adjacent to an activating group) is 1. The topological polar surface area (TPSA) is 122 Å². The van der Waals surface area contributed by atoms with Gasteiger partial charge in [-0.1, -0.05) is 24.0 Å². The average Bonchev–Trinajstić information content (AvgIpc) is 3.11. The van der Waals surface area contributed by atoms with Crippen LogP contribution in [0.15, 0.2) is 30.5 Å². The van der Waals surface area contributed by atoms with Crippen LogP contribution in [0.25, 0.3) is 11.4 Å². The Morgan fingerprint density at radius 3 is 2.79 bits per heavy atom. The Kier molecular flexibility index (Phi) is 7.22. The van der Waals surface area contributed by atoms with Crippen LogP contribution in [0.3, 0.4) is 0 Å². The lowest BCUT2D eigenvalue weighted by molar-refractivity contribution is -0.137. The molecule has 0 aliphatic carbocycles. The lowest BCUT2D eigenvalue weighted by Gasteiger charge is -2.26. The fourth-order valence-electron chi connectivity index (χ4n) is 4.14. The first kappa shape index (κ1) is 23.8. The molecule has 2 saturated heterocycles. The van der Waals surface area contributed by atoms with E-state index in [-0.39, 0.29) is 12.1 Å². The maximum atomic E-state index is 12.1. The molecule has 1 aromatic heterocycles. The van der Waals surface area contributed by atoms with Crippen molar-refractivity contribution in [2.75, 3.05) is 46.4 Å². The highest BCUT2D eigenvalue weighted by atomic mass is 16.5. The quantitative estimate of drug-likeness (QED) is 0.597. The van der Waals surface area contributed by atoms with Crippen molar-refractivity contribution in [3.05, 3.63) is 47.3 Å². The number of nitrogens with two attached hydrogens (primary N) is 1. The average molecular weight is 464 g/mol. The Balaban J connectivity index is 1.50. The minimum Gasteiger partial charge on any atom is -0.379 e. The molecule has 3 N–H and O–H groups in total. The van der Waals surface area contributed by atoms with E-state index in [9.17, 15) is 14.7 Å². The minimum atomic E-state index is -1.66. The lowest BCUT2D eigenvalue weighted by atomic mass is 10.0. The number of carbonyl (C=O) groups excluding carboxylic acids is 2. The van der Waals surface area contributed by atoms with Crippen molar-refractivity contribution in [2.24, 2.45) is 5.73 Å². The van der Waals surface area contributed by atoms with Gasteiger partial charge in [-0.15, -0.1) is 0 Å². The molecule has 4 rings (SSSR count). The molecule has 0 saturated carbocycles. The van der Waals surface area contributed by atoms with Crippen LogP contribution < -0.4 is 5.73 Å². The normalized spacial score (nSPS) is 20.8. The number of aromatic nitrogens is 2. The molecule has 2 amide bonds. The first-order valence-electron chi connectivity index (χ1n) is 11.4. The van der Waals surface area contributed by atoms with E-state index in [4.69, 9.17) is 10.5 Å². The predicted octanol–water partition coefficient (Wildman–Crippen LogP) is 0.452. The number of hydrogen-bond acceptors (Lipinski definition) is 7. The molecular formula is C25H29N5O4. The first-order chi connectivity index (χ1) is 16.4. The maximum Gasteiger partial charge on any atom is 0.267 e. The third-order valence-electron chi connectivity index (χ3n) is 6.17. The fourth-order valence-corrected chi connectivity index (χ4v) is 4.14. The zero-order valence-electron chi connectivity index (χ0n) is 19.3. The summed E-state index contributed by atoms with van der Waals surface area (Å²) in [6.07, 6.45) is 3.45. The summed E-state index contributed by atoms with van der Waals surface area (Å²) in [5, 5.41) is 10.5. The molecule has 9 heteroatoms. The number of primary amides is 1. The van der Waals surface area contributed by atoms with Crippen molar-refractivity contribution in [2.45, 2.75) is 24.9 Å². The number of rotatable bonds is 6. The number of aliphatic hydroxyl groups is 1. The Morgan fingerprint density at radius 1 is 1.29 bits per heavy atom. The lowest BCUT2D eigenvalue weighted by Crippen LogP contribution is -2.37. The van der Waals surface area contributed by atoms with Gasteiger partial charge in [0.15, 0.2) is 5.82 Å². The molecule has 2 aliphatic rings. The molecule has 2 aromatic rings. The summed E-state index contributed by atoms with van der Waals surface area (Å²) in [7, 11) is 1.64. The van der Waals surface area contributed by atoms with Crippen LogP contribution >= 0.6 is 0 Å². The summed E-state index contributed by atoms with van der Waals surface area (Å²) >= 11 is 0. The third-order valence-corrected chi connectivity index (χ3v) is 6.17. The molecule has 0 bridgehead atoms. The number of carbonyl (C=O) groups is 2. The second-order valence-corrected chi connectivity index (χ2v) is 8.66. The number of nitrogens with zero attached hydrogens (tertiary/aromatic N) is 4. The standard InChI is InChI=1S/C25H29N5O4/c1-29-11-9-25(33,24(29)32)8-7-18-4-2-5-19(16-18)23-27-17-20(21(28-23)22(26)31)6-3-10-30-12-14-34-15-13-30/h2,4-5,16-17,33H,3,6,9-15H2,1H3,(H2,26,31)/t25-/m0/s1. The second-order valence-electron chi connectivity index (χ2n) is 8.66. The molecule has 9 nitrogen and oxygen atoms in total. The highest BCUT2D eigenvalue weighted by Crippen LogP contribution is 2.22. The van der Waals surface area contributed by atoms with Crippen molar-refractivity contribution < 1.29 is 19.4 Å². The number of ether oxygens (including phenoxy) is 1. The van der Waals surface area contributed by atoms with E-state index in [1.54, 1.807) is 31.4 Å².